The zero-order valence-electron chi connectivity index (χ0n) is 6.43. The van der Waals surface area contributed by atoms with Gasteiger partial charge in [0.25, 0.3) is 0 Å². The Morgan fingerprint density at radius 1 is 1.73 bits per heavy atom. The molecular weight excluding hydrogens is 170 g/mol. The molecule has 5 heteroatoms. The van der Waals surface area contributed by atoms with Crippen LogP contribution in [0.3, 0.4) is 0 Å². The van der Waals surface area contributed by atoms with Crippen molar-refractivity contribution in [1.82, 2.24) is 0 Å². The number of ether oxygens (including phenoxy) is 2. The summed E-state index contributed by atoms with van der Waals surface area (Å²) in [5.41, 5.74) is 0. The first-order valence-corrected chi connectivity index (χ1v) is 3.64. The molecule has 0 aromatic heterocycles. The molecule has 4 nitrogen and oxygen atoms in total. The Morgan fingerprint density at radius 3 is 2.73 bits per heavy atom. The van der Waals surface area contributed by atoms with Crippen molar-refractivity contribution in [2.45, 2.75) is 25.7 Å². The van der Waals surface area contributed by atoms with Crippen LogP contribution in [0.4, 0.5) is 0 Å². The zero-order chi connectivity index (χ0) is 8.48. The molecule has 0 bridgehead atoms. The van der Waals surface area contributed by atoms with Crippen molar-refractivity contribution in [2.24, 2.45) is 5.16 Å². The van der Waals surface area contributed by atoms with Crippen molar-refractivity contribution in [1.29, 1.82) is 0 Å². The SMILES string of the molecule is CC1(C)OC[C@H](/C(Cl)=N/[OH2+])O1. The minimum absolute atomic E-state index is 0.135. The molecule has 1 aliphatic heterocycles. The van der Waals surface area contributed by atoms with Crippen LogP contribution >= 0.6 is 11.6 Å². The summed E-state index contributed by atoms with van der Waals surface area (Å²) in [6, 6.07) is 0. The predicted octanol–water partition coefficient (Wildman–Crippen LogP) is 0.415. The highest BCUT2D eigenvalue weighted by molar-refractivity contribution is 6.66. The van der Waals surface area contributed by atoms with Crippen LogP contribution in [-0.4, -0.2) is 28.9 Å². The fraction of sp³-hybridized carbons (Fsp3) is 0.833. The van der Waals surface area contributed by atoms with Gasteiger partial charge in [-0.05, 0) is 13.8 Å². The molecule has 0 aliphatic carbocycles. The summed E-state index contributed by atoms with van der Waals surface area (Å²) >= 11 is 5.56. The van der Waals surface area contributed by atoms with Crippen LogP contribution in [0.25, 0.3) is 0 Å². The second-order valence-corrected chi connectivity index (χ2v) is 3.14. The number of hydrogen-bond acceptors (Lipinski definition) is 3. The third-order valence-corrected chi connectivity index (χ3v) is 1.71. The van der Waals surface area contributed by atoms with Gasteiger partial charge in [-0.15, -0.1) is 0 Å². The lowest BCUT2D eigenvalue weighted by molar-refractivity contribution is -0.131. The van der Waals surface area contributed by atoms with Crippen LogP contribution in [0.15, 0.2) is 5.16 Å². The molecule has 1 aliphatic rings. The molecule has 64 valence electrons. The summed E-state index contributed by atoms with van der Waals surface area (Å²) in [6.07, 6.45) is -0.371. The molecule has 1 saturated heterocycles. The number of rotatable bonds is 1. The number of nitrogens with zero attached hydrogens (tertiary/aromatic N) is 1. The highest BCUT2D eigenvalue weighted by Gasteiger charge is 2.36. The van der Waals surface area contributed by atoms with E-state index in [9.17, 15) is 0 Å². The normalized spacial score (nSPS) is 30.8. The summed E-state index contributed by atoms with van der Waals surface area (Å²) < 4.78 is 10.5. The van der Waals surface area contributed by atoms with E-state index in [1.807, 2.05) is 0 Å². The lowest BCUT2D eigenvalue weighted by Crippen LogP contribution is -2.24. The van der Waals surface area contributed by atoms with Crippen LogP contribution in [0.1, 0.15) is 13.8 Å². The summed E-state index contributed by atoms with van der Waals surface area (Å²) in [4.78, 5) is 0. The Kier molecular flexibility index (Phi) is 2.37. The Balaban J connectivity index is 2.55. The molecule has 11 heavy (non-hydrogen) atoms. The largest absolute Gasteiger partial charge is 0.468 e. The van der Waals surface area contributed by atoms with Crippen LogP contribution in [0, 0.1) is 0 Å². The van der Waals surface area contributed by atoms with Gasteiger partial charge in [0.2, 0.25) is 5.17 Å². The molecule has 0 saturated carbocycles. The van der Waals surface area contributed by atoms with Crippen LogP contribution < -0.4 is 0 Å². The second-order valence-electron chi connectivity index (χ2n) is 2.75. The van der Waals surface area contributed by atoms with E-state index in [-0.39, 0.29) is 11.3 Å². The fourth-order valence-electron chi connectivity index (χ4n) is 0.876. The van der Waals surface area contributed by atoms with Gasteiger partial charge in [-0.25, -0.2) is 0 Å². The van der Waals surface area contributed by atoms with E-state index in [4.69, 9.17) is 26.3 Å². The molecule has 0 aromatic rings. The van der Waals surface area contributed by atoms with Crippen LogP contribution in [0.2, 0.25) is 0 Å². The van der Waals surface area contributed by atoms with Crippen molar-refractivity contribution in [2.75, 3.05) is 6.61 Å². The molecule has 0 radical (unpaired) electrons. The van der Waals surface area contributed by atoms with Gasteiger partial charge in [-0.3, -0.25) is 0 Å². The lowest BCUT2D eigenvalue weighted by atomic mass is 10.4. The lowest BCUT2D eigenvalue weighted by Gasteiger charge is -2.15. The first-order chi connectivity index (χ1) is 5.05. The topological polar surface area (TPSA) is 53.7 Å². The minimum atomic E-state index is -0.602. The molecule has 0 amide bonds. The molecule has 0 unspecified atom stereocenters. The molecular formula is C6H11ClNO3+. The summed E-state index contributed by atoms with van der Waals surface area (Å²) in [6.45, 7) is 3.95. The molecule has 1 fully saturated rings. The third-order valence-electron chi connectivity index (χ3n) is 1.38. The Bertz CT molecular complexity index is 181. The van der Waals surface area contributed by atoms with Crippen LogP contribution in [0.5, 0.6) is 0 Å². The predicted molar refractivity (Wildman–Crippen MR) is 41.8 cm³/mol. The third kappa shape index (κ3) is 2.05. The Morgan fingerprint density at radius 2 is 2.36 bits per heavy atom. The van der Waals surface area contributed by atoms with E-state index in [2.05, 4.69) is 5.16 Å². The van der Waals surface area contributed by atoms with Crippen molar-refractivity contribution in [3.05, 3.63) is 0 Å². The average Bonchev–Trinajstić information content (AvgIpc) is 2.29. The fourth-order valence-corrected chi connectivity index (χ4v) is 0.984. The first-order valence-electron chi connectivity index (χ1n) is 3.27. The van der Waals surface area contributed by atoms with Crippen LogP contribution in [-0.2, 0) is 9.47 Å². The van der Waals surface area contributed by atoms with Crippen molar-refractivity contribution >= 4 is 16.8 Å². The summed E-state index contributed by atoms with van der Waals surface area (Å²) in [7, 11) is 0. The molecule has 1 heterocycles. The van der Waals surface area contributed by atoms with Gasteiger partial charge in [-0.2, -0.15) is 0 Å². The van der Waals surface area contributed by atoms with Gasteiger partial charge < -0.3 is 14.7 Å². The zero-order valence-corrected chi connectivity index (χ0v) is 7.18. The van der Waals surface area contributed by atoms with Gasteiger partial charge >= 0.3 is 0 Å². The average molecular weight is 181 g/mol. The summed E-state index contributed by atoms with van der Waals surface area (Å²) in [5.74, 6) is -0.602. The van der Waals surface area contributed by atoms with E-state index < -0.39 is 5.79 Å². The molecule has 1 rings (SSSR count). The Hall–Kier alpha value is -0.320. The molecule has 1 atom stereocenters. The maximum absolute atomic E-state index is 6.62. The molecule has 0 aromatic carbocycles. The van der Waals surface area contributed by atoms with Crippen molar-refractivity contribution < 1.29 is 14.7 Å². The summed E-state index contributed by atoms with van der Waals surface area (Å²) in [5, 5.41) is 9.82. The monoisotopic (exact) mass is 180 g/mol. The van der Waals surface area contributed by atoms with Gasteiger partial charge in [0.15, 0.2) is 5.79 Å². The molecule has 0 spiro atoms. The van der Waals surface area contributed by atoms with Gasteiger partial charge in [0.1, 0.15) is 6.10 Å². The number of halogens is 1. The highest BCUT2D eigenvalue weighted by Crippen LogP contribution is 2.23. The van der Waals surface area contributed by atoms with Gasteiger partial charge in [-0.1, -0.05) is 11.6 Å². The second kappa shape index (κ2) is 2.97. The smallest absolute Gasteiger partial charge is 0.226 e. The maximum atomic E-state index is 6.62. The van der Waals surface area contributed by atoms with E-state index in [0.29, 0.717) is 6.61 Å². The first kappa shape index (κ1) is 8.77. The Labute approximate surface area is 69.7 Å². The minimum Gasteiger partial charge on any atom is -0.468 e. The van der Waals surface area contributed by atoms with Gasteiger partial charge in [0, 0.05) is 0 Å². The molecule has 2 N–H and O–H groups in total. The van der Waals surface area contributed by atoms with Crippen molar-refractivity contribution in [3.8, 4) is 0 Å². The quantitative estimate of drug-likeness (QED) is 0.334. The van der Waals surface area contributed by atoms with E-state index >= 15 is 0 Å². The van der Waals surface area contributed by atoms with Crippen molar-refractivity contribution in [3.63, 3.8) is 0 Å². The number of hydrogen-bond donors (Lipinski definition) is 0. The van der Waals surface area contributed by atoms with Gasteiger partial charge in [0.05, 0.1) is 11.8 Å². The van der Waals surface area contributed by atoms with E-state index in [1.165, 1.54) is 0 Å². The maximum Gasteiger partial charge on any atom is 0.226 e. The highest BCUT2D eigenvalue weighted by atomic mass is 35.5. The van der Waals surface area contributed by atoms with E-state index in [1.54, 1.807) is 13.8 Å². The standard InChI is InChI=1S/C6H10ClNO3/c1-6(2)10-3-4(11-6)5(7)8-9/h4,9H,3H2,1-2H3/p+1/b8-5-/t4-/m1/s1. The van der Waals surface area contributed by atoms with E-state index in [0.717, 1.165) is 0 Å².